The van der Waals surface area contributed by atoms with Crippen LogP contribution in [-0.2, 0) is 9.53 Å². The third kappa shape index (κ3) is 4.83. The molecule has 0 saturated carbocycles. The molecule has 0 unspecified atom stereocenters. The molecule has 7 heteroatoms. The first-order chi connectivity index (χ1) is 12.4. The summed E-state index contributed by atoms with van der Waals surface area (Å²) in [4.78, 5) is 35.7. The molecule has 0 bridgehead atoms. The average Bonchev–Trinajstić information content (AvgIpc) is 2.63. The first-order valence-electron chi connectivity index (χ1n) is 7.89. The highest BCUT2D eigenvalue weighted by Crippen LogP contribution is 2.18. The number of carbonyl (C=O) groups is 3. The van der Waals surface area contributed by atoms with Crippen molar-refractivity contribution in [1.82, 2.24) is 5.32 Å². The maximum Gasteiger partial charge on any atom is 0.342 e. The lowest BCUT2D eigenvalue weighted by Gasteiger charge is -2.11. The second-order valence-corrected chi connectivity index (χ2v) is 5.53. The van der Waals surface area contributed by atoms with Gasteiger partial charge in [-0.2, -0.15) is 0 Å². The molecule has 2 N–H and O–H groups in total. The molecule has 2 aromatic rings. The molecule has 0 aliphatic heterocycles. The first-order valence-corrected chi connectivity index (χ1v) is 7.89. The van der Waals surface area contributed by atoms with Gasteiger partial charge in [0.2, 0.25) is 0 Å². The zero-order valence-electron chi connectivity index (χ0n) is 14.8. The summed E-state index contributed by atoms with van der Waals surface area (Å²) in [6, 6.07) is 11.2. The van der Waals surface area contributed by atoms with Gasteiger partial charge >= 0.3 is 12.0 Å². The summed E-state index contributed by atoms with van der Waals surface area (Å²) in [6.45, 7) is 3.19. The Morgan fingerprint density at radius 1 is 1.00 bits per heavy atom. The van der Waals surface area contributed by atoms with Crippen molar-refractivity contribution < 1.29 is 23.9 Å². The normalized spacial score (nSPS) is 9.96. The van der Waals surface area contributed by atoms with Crippen molar-refractivity contribution in [3.63, 3.8) is 0 Å². The smallest absolute Gasteiger partial charge is 0.342 e. The van der Waals surface area contributed by atoms with Crippen molar-refractivity contribution in [2.24, 2.45) is 0 Å². The number of rotatable bonds is 5. The van der Waals surface area contributed by atoms with Crippen molar-refractivity contribution in [2.45, 2.75) is 13.8 Å². The minimum atomic E-state index is -0.740. The molecule has 0 heterocycles. The van der Waals surface area contributed by atoms with E-state index in [4.69, 9.17) is 9.47 Å². The van der Waals surface area contributed by atoms with E-state index in [1.807, 2.05) is 19.9 Å². The van der Waals surface area contributed by atoms with E-state index in [1.54, 1.807) is 30.3 Å². The second-order valence-electron chi connectivity index (χ2n) is 5.53. The molecular weight excluding hydrogens is 336 g/mol. The van der Waals surface area contributed by atoms with Crippen LogP contribution in [-0.4, -0.2) is 31.6 Å². The molecule has 136 valence electrons. The maximum atomic E-state index is 12.0. The molecular formula is C19H20N2O5. The summed E-state index contributed by atoms with van der Waals surface area (Å²) in [7, 11) is 1.43. The van der Waals surface area contributed by atoms with Crippen molar-refractivity contribution in [2.75, 3.05) is 19.0 Å². The third-order valence-corrected chi connectivity index (χ3v) is 3.77. The molecule has 0 spiro atoms. The molecule has 2 aromatic carbocycles. The molecule has 0 radical (unpaired) electrons. The fourth-order valence-electron chi connectivity index (χ4n) is 2.22. The van der Waals surface area contributed by atoms with Crippen LogP contribution in [0.15, 0.2) is 42.5 Å². The van der Waals surface area contributed by atoms with Crippen LogP contribution in [0.1, 0.15) is 21.5 Å². The number of aryl methyl sites for hydroxylation is 1. The van der Waals surface area contributed by atoms with E-state index in [1.165, 1.54) is 13.2 Å². The molecule has 3 amide bonds. The van der Waals surface area contributed by atoms with E-state index in [0.29, 0.717) is 11.4 Å². The zero-order chi connectivity index (χ0) is 19.1. The number of carbonyl (C=O) groups excluding carboxylic acids is 3. The Labute approximate surface area is 151 Å². The standard InChI is InChI=1S/C19H20N2O5/c1-12-7-6-9-15(13(12)2)20-19(24)21-17(22)11-26-18(23)14-8-4-5-10-16(14)25-3/h4-10H,11H2,1-3H3,(H2,20,21,22,24). The van der Waals surface area contributed by atoms with E-state index in [9.17, 15) is 14.4 Å². The number of benzene rings is 2. The topological polar surface area (TPSA) is 93.7 Å². The predicted octanol–water partition coefficient (Wildman–Crippen LogP) is 2.82. The largest absolute Gasteiger partial charge is 0.496 e. The third-order valence-electron chi connectivity index (χ3n) is 3.77. The lowest BCUT2D eigenvalue weighted by atomic mass is 10.1. The zero-order valence-corrected chi connectivity index (χ0v) is 14.8. The lowest BCUT2D eigenvalue weighted by Crippen LogP contribution is -2.37. The molecule has 0 fully saturated rings. The fraction of sp³-hybridized carbons (Fsp3) is 0.211. The Bertz CT molecular complexity index is 832. The van der Waals surface area contributed by atoms with Crippen LogP contribution >= 0.6 is 0 Å². The second kappa shape index (κ2) is 8.66. The number of methoxy groups -OCH3 is 1. The van der Waals surface area contributed by atoms with Gasteiger partial charge in [-0.1, -0.05) is 24.3 Å². The Morgan fingerprint density at radius 3 is 2.46 bits per heavy atom. The molecule has 0 saturated heterocycles. The van der Waals surface area contributed by atoms with Gasteiger partial charge in [-0.25, -0.2) is 9.59 Å². The highest BCUT2D eigenvalue weighted by Gasteiger charge is 2.16. The number of anilines is 1. The maximum absolute atomic E-state index is 12.0. The summed E-state index contributed by atoms with van der Waals surface area (Å²) in [6.07, 6.45) is 0. The minimum Gasteiger partial charge on any atom is -0.496 e. The molecule has 26 heavy (non-hydrogen) atoms. The number of imide groups is 1. The molecule has 0 aliphatic carbocycles. The summed E-state index contributed by atoms with van der Waals surface area (Å²) < 4.78 is 9.97. The Morgan fingerprint density at radius 2 is 1.73 bits per heavy atom. The number of hydrogen-bond acceptors (Lipinski definition) is 5. The first kappa shape index (κ1) is 19.0. The number of hydrogen-bond donors (Lipinski definition) is 2. The van der Waals surface area contributed by atoms with Gasteiger partial charge in [0.05, 0.1) is 7.11 Å². The van der Waals surface area contributed by atoms with E-state index < -0.39 is 24.5 Å². The summed E-state index contributed by atoms with van der Waals surface area (Å²) in [5.41, 5.74) is 2.71. The van der Waals surface area contributed by atoms with Gasteiger partial charge in [0.1, 0.15) is 11.3 Å². The molecule has 0 atom stereocenters. The van der Waals surface area contributed by atoms with Crippen LogP contribution in [0.4, 0.5) is 10.5 Å². The van der Waals surface area contributed by atoms with Gasteiger partial charge in [-0.15, -0.1) is 0 Å². The fourth-order valence-corrected chi connectivity index (χ4v) is 2.22. The number of para-hydroxylation sites is 1. The SMILES string of the molecule is COc1ccccc1C(=O)OCC(=O)NC(=O)Nc1cccc(C)c1C. The van der Waals surface area contributed by atoms with Crippen molar-refractivity contribution in [1.29, 1.82) is 0 Å². The highest BCUT2D eigenvalue weighted by molar-refractivity contribution is 6.02. The van der Waals surface area contributed by atoms with Crippen molar-refractivity contribution in [3.8, 4) is 5.75 Å². The van der Waals surface area contributed by atoms with Crippen molar-refractivity contribution in [3.05, 3.63) is 59.2 Å². The van der Waals surface area contributed by atoms with E-state index in [0.717, 1.165) is 11.1 Å². The average molecular weight is 356 g/mol. The lowest BCUT2D eigenvalue weighted by molar-refractivity contribution is -0.123. The molecule has 7 nitrogen and oxygen atoms in total. The van der Waals surface area contributed by atoms with Crippen LogP contribution in [0.25, 0.3) is 0 Å². The monoisotopic (exact) mass is 356 g/mol. The van der Waals surface area contributed by atoms with Crippen molar-refractivity contribution >= 4 is 23.6 Å². The van der Waals surface area contributed by atoms with Crippen LogP contribution in [0, 0.1) is 13.8 Å². The van der Waals surface area contributed by atoms with Gasteiger partial charge in [0.25, 0.3) is 5.91 Å². The Balaban J connectivity index is 1.87. The summed E-state index contributed by atoms with van der Waals surface area (Å²) >= 11 is 0. The van der Waals surface area contributed by atoms with Gasteiger partial charge in [-0.05, 0) is 43.2 Å². The van der Waals surface area contributed by atoms with Gasteiger partial charge < -0.3 is 14.8 Å². The van der Waals surface area contributed by atoms with Crippen LogP contribution in [0.5, 0.6) is 5.75 Å². The quantitative estimate of drug-likeness (QED) is 0.804. The van der Waals surface area contributed by atoms with E-state index in [2.05, 4.69) is 10.6 Å². The van der Waals surface area contributed by atoms with Crippen LogP contribution in [0.2, 0.25) is 0 Å². The summed E-state index contributed by atoms with van der Waals surface area (Å²) in [5, 5.41) is 4.70. The number of ether oxygens (including phenoxy) is 2. The van der Waals surface area contributed by atoms with Crippen LogP contribution < -0.4 is 15.4 Å². The molecule has 0 aromatic heterocycles. The summed E-state index contributed by atoms with van der Waals surface area (Å²) in [5.74, 6) is -1.12. The molecule has 2 rings (SSSR count). The number of urea groups is 1. The Kier molecular flexibility index (Phi) is 6.32. The van der Waals surface area contributed by atoms with E-state index >= 15 is 0 Å². The molecule has 0 aliphatic rings. The van der Waals surface area contributed by atoms with Gasteiger partial charge in [0.15, 0.2) is 6.61 Å². The van der Waals surface area contributed by atoms with Gasteiger partial charge in [0, 0.05) is 5.69 Å². The minimum absolute atomic E-state index is 0.197. The predicted molar refractivity (Wildman–Crippen MR) is 96.4 cm³/mol. The van der Waals surface area contributed by atoms with E-state index in [-0.39, 0.29) is 5.56 Å². The number of esters is 1. The Hall–Kier alpha value is -3.35. The van der Waals surface area contributed by atoms with Crippen LogP contribution in [0.3, 0.4) is 0 Å². The number of nitrogens with one attached hydrogen (secondary N) is 2. The van der Waals surface area contributed by atoms with Gasteiger partial charge in [-0.3, -0.25) is 10.1 Å². The highest BCUT2D eigenvalue weighted by atomic mass is 16.5. The number of amides is 3.